The first kappa shape index (κ1) is 21.3. The van der Waals surface area contributed by atoms with Crippen LogP contribution in [0.4, 0.5) is 22.0 Å². The Labute approximate surface area is 134 Å². The molecule has 0 saturated carbocycles. The Morgan fingerprint density at radius 1 is 1.18 bits per heavy atom. The molecule has 4 nitrogen and oxygen atoms in total. The van der Waals surface area contributed by atoms with Crippen molar-refractivity contribution in [2.75, 3.05) is 13.1 Å². The lowest BCUT2D eigenvalue weighted by Crippen LogP contribution is -2.41. The molecule has 0 aliphatic carbocycles. The molecule has 1 rings (SSSR count). The molecular weight excluding hydrogens is 378 g/mol. The van der Waals surface area contributed by atoms with Gasteiger partial charge in [-0.1, -0.05) is 11.6 Å². The van der Waals surface area contributed by atoms with Crippen molar-refractivity contribution in [3.63, 3.8) is 0 Å². The number of nitrogens with two attached hydrogens (primary N) is 1. The molecule has 128 valence electrons. The Morgan fingerprint density at radius 3 is 2.18 bits per heavy atom. The Hall–Kier alpha value is -0.680. The summed E-state index contributed by atoms with van der Waals surface area (Å²) in [5.41, 5.74) is 3.17. The summed E-state index contributed by atoms with van der Waals surface area (Å²) in [6, 6.07) is 1.90. The maximum Gasteiger partial charge on any atom is 0.417 e. The third-order valence-electron chi connectivity index (χ3n) is 2.36. The highest BCUT2D eigenvalue weighted by Crippen LogP contribution is 2.35. The van der Waals surface area contributed by atoms with E-state index in [1.165, 1.54) is 4.72 Å². The number of hydrogen-bond acceptors (Lipinski definition) is 3. The second-order valence-electron chi connectivity index (χ2n) is 4.02. The smallest absolute Gasteiger partial charge is 0.325 e. The van der Waals surface area contributed by atoms with Crippen LogP contribution in [-0.4, -0.2) is 27.4 Å². The first-order valence-corrected chi connectivity index (χ1v) is 7.19. The molecular formula is C10H11Cl2F5N2O2S. The SMILES string of the molecule is Cl.NCC(F)(F)CNS(=O)(=O)c1ccc(Cl)cc1C(F)(F)F. The van der Waals surface area contributed by atoms with Crippen molar-refractivity contribution in [3.05, 3.63) is 28.8 Å². The molecule has 1 aromatic carbocycles. The van der Waals surface area contributed by atoms with Crippen molar-refractivity contribution < 1.29 is 30.4 Å². The third-order valence-corrected chi connectivity index (χ3v) is 4.05. The zero-order chi connectivity index (χ0) is 16.5. The summed E-state index contributed by atoms with van der Waals surface area (Å²) in [5, 5.41) is -0.339. The van der Waals surface area contributed by atoms with Crippen LogP contribution >= 0.6 is 24.0 Å². The molecule has 12 heteroatoms. The highest BCUT2D eigenvalue weighted by atomic mass is 35.5. The van der Waals surface area contributed by atoms with E-state index in [-0.39, 0.29) is 17.4 Å². The van der Waals surface area contributed by atoms with Crippen molar-refractivity contribution in [2.24, 2.45) is 5.73 Å². The molecule has 0 amide bonds. The van der Waals surface area contributed by atoms with Gasteiger partial charge in [0, 0.05) is 5.02 Å². The molecule has 0 aliphatic heterocycles. The molecule has 0 spiro atoms. The summed E-state index contributed by atoms with van der Waals surface area (Å²) >= 11 is 5.39. The zero-order valence-corrected chi connectivity index (χ0v) is 13.0. The second-order valence-corrected chi connectivity index (χ2v) is 6.19. The van der Waals surface area contributed by atoms with E-state index >= 15 is 0 Å². The van der Waals surface area contributed by atoms with Crippen LogP contribution in [0.15, 0.2) is 23.1 Å². The summed E-state index contributed by atoms with van der Waals surface area (Å²) in [5.74, 6) is -3.57. The Morgan fingerprint density at radius 2 is 1.73 bits per heavy atom. The molecule has 22 heavy (non-hydrogen) atoms. The molecule has 0 unspecified atom stereocenters. The topological polar surface area (TPSA) is 72.2 Å². The van der Waals surface area contributed by atoms with Gasteiger partial charge in [0.2, 0.25) is 10.0 Å². The summed E-state index contributed by atoms with van der Waals surface area (Å²) in [4.78, 5) is -1.19. The summed E-state index contributed by atoms with van der Waals surface area (Å²) in [6.07, 6.45) is -5.01. The van der Waals surface area contributed by atoms with E-state index in [4.69, 9.17) is 17.3 Å². The maximum atomic E-state index is 12.9. The second kappa shape index (κ2) is 7.26. The lowest BCUT2D eigenvalue weighted by molar-refractivity contribution is -0.139. The van der Waals surface area contributed by atoms with E-state index in [1.54, 1.807) is 0 Å². The van der Waals surface area contributed by atoms with Crippen LogP contribution in [0.5, 0.6) is 0 Å². The summed E-state index contributed by atoms with van der Waals surface area (Å²) in [7, 11) is -4.80. The highest BCUT2D eigenvalue weighted by molar-refractivity contribution is 7.89. The zero-order valence-electron chi connectivity index (χ0n) is 10.6. The summed E-state index contributed by atoms with van der Waals surface area (Å²) in [6.45, 7) is -2.56. The molecule has 0 aromatic heterocycles. The van der Waals surface area contributed by atoms with Gasteiger partial charge in [-0.3, -0.25) is 0 Å². The minimum atomic E-state index is -5.01. The standard InChI is InChI=1S/C10H10ClF5N2O2S.ClH/c11-6-1-2-8(7(3-6)10(14,15)16)21(19,20)18-5-9(12,13)4-17;/h1-3,18H,4-5,17H2;1H. The van der Waals surface area contributed by atoms with Crippen molar-refractivity contribution in [1.82, 2.24) is 4.72 Å². The fraction of sp³-hybridized carbons (Fsp3) is 0.400. The molecule has 0 atom stereocenters. The van der Waals surface area contributed by atoms with Gasteiger partial charge in [-0.05, 0) is 18.2 Å². The number of alkyl halides is 5. The van der Waals surface area contributed by atoms with Gasteiger partial charge >= 0.3 is 6.18 Å². The van der Waals surface area contributed by atoms with E-state index in [2.05, 4.69) is 0 Å². The van der Waals surface area contributed by atoms with Crippen LogP contribution in [0.2, 0.25) is 5.02 Å². The van der Waals surface area contributed by atoms with Gasteiger partial charge in [-0.25, -0.2) is 21.9 Å². The van der Waals surface area contributed by atoms with Crippen LogP contribution in [-0.2, 0) is 16.2 Å². The molecule has 0 heterocycles. The van der Waals surface area contributed by atoms with E-state index in [0.717, 1.165) is 6.07 Å². The van der Waals surface area contributed by atoms with Crippen LogP contribution in [0.3, 0.4) is 0 Å². The van der Waals surface area contributed by atoms with Gasteiger partial charge in [0.15, 0.2) is 0 Å². The molecule has 3 N–H and O–H groups in total. The number of halogens is 7. The predicted molar refractivity (Wildman–Crippen MR) is 72.9 cm³/mol. The van der Waals surface area contributed by atoms with Gasteiger partial charge in [-0.2, -0.15) is 13.2 Å². The number of rotatable bonds is 5. The van der Waals surface area contributed by atoms with Crippen LogP contribution < -0.4 is 10.5 Å². The Bertz CT molecular complexity index is 622. The van der Waals surface area contributed by atoms with Gasteiger partial charge in [0.05, 0.1) is 23.5 Å². The number of sulfonamides is 1. The fourth-order valence-electron chi connectivity index (χ4n) is 1.31. The van der Waals surface area contributed by atoms with Crippen LogP contribution in [0.25, 0.3) is 0 Å². The number of hydrogen-bond donors (Lipinski definition) is 2. The van der Waals surface area contributed by atoms with Crippen molar-refractivity contribution in [3.8, 4) is 0 Å². The average molecular weight is 389 g/mol. The van der Waals surface area contributed by atoms with Crippen molar-refractivity contribution in [2.45, 2.75) is 17.0 Å². The van der Waals surface area contributed by atoms with E-state index < -0.39 is 45.7 Å². The molecule has 0 saturated heterocycles. The normalized spacial score (nSPS) is 12.9. The minimum absolute atomic E-state index is 0. The van der Waals surface area contributed by atoms with Gasteiger partial charge in [0.1, 0.15) is 0 Å². The van der Waals surface area contributed by atoms with E-state index in [1.807, 2.05) is 0 Å². The van der Waals surface area contributed by atoms with Crippen LogP contribution in [0, 0.1) is 0 Å². The molecule has 1 aromatic rings. The largest absolute Gasteiger partial charge is 0.417 e. The molecule has 0 radical (unpaired) electrons. The highest BCUT2D eigenvalue weighted by Gasteiger charge is 2.38. The van der Waals surface area contributed by atoms with Gasteiger partial charge in [0.25, 0.3) is 5.92 Å². The van der Waals surface area contributed by atoms with Crippen molar-refractivity contribution in [1.29, 1.82) is 0 Å². The molecule has 0 bridgehead atoms. The third kappa shape index (κ3) is 5.51. The quantitative estimate of drug-likeness (QED) is 0.761. The first-order chi connectivity index (χ1) is 9.39. The Balaban J connectivity index is 0.00000441. The van der Waals surface area contributed by atoms with E-state index in [0.29, 0.717) is 12.1 Å². The van der Waals surface area contributed by atoms with Crippen molar-refractivity contribution >= 4 is 34.0 Å². The monoisotopic (exact) mass is 388 g/mol. The fourth-order valence-corrected chi connectivity index (χ4v) is 2.75. The molecule has 0 aliphatic rings. The minimum Gasteiger partial charge on any atom is -0.325 e. The lowest BCUT2D eigenvalue weighted by atomic mass is 10.2. The maximum absolute atomic E-state index is 12.9. The molecule has 0 fully saturated rings. The number of nitrogens with one attached hydrogen (secondary N) is 1. The number of benzene rings is 1. The van der Waals surface area contributed by atoms with E-state index in [9.17, 15) is 30.4 Å². The predicted octanol–water partition coefficient (Wildman–Crippen LogP) is 2.65. The average Bonchev–Trinajstić information content (AvgIpc) is 2.35. The van der Waals surface area contributed by atoms with Gasteiger partial charge in [-0.15, -0.1) is 12.4 Å². The van der Waals surface area contributed by atoms with Gasteiger partial charge < -0.3 is 5.73 Å². The van der Waals surface area contributed by atoms with Crippen LogP contribution in [0.1, 0.15) is 5.56 Å². The first-order valence-electron chi connectivity index (χ1n) is 5.33. The Kier molecular flexibility index (Phi) is 7.04. The lowest BCUT2D eigenvalue weighted by Gasteiger charge is -2.17. The summed E-state index contributed by atoms with van der Waals surface area (Å²) < 4.78 is 89.0.